The molecule has 0 N–H and O–H groups in total. The normalized spacial score (nSPS) is 11.3. The molecule has 222 valence electrons. The van der Waals surface area contributed by atoms with E-state index in [9.17, 15) is 0 Å². The van der Waals surface area contributed by atoms with Crippen LogP contribution in [0.3, 0.4) is 0 Å². The van der Waals surface area contributed by atoms with Crippen LogP contribution in [0.5, 0.6) is 0 Å². The van der Waals surface area contributed by atoms with Crippen LogP contribution in [0.4, 0.5) is 11.4 Å². The third-order valence-corrected chi connectivity index (χ3v) is 9.39. The van der Waals surface area contributed by atoms with E-state index in [2.05, 4.69) is 140 Å². The first-order valence-corrected chi connectivity index (χ1v) is 15.9. The lowest BCUT2D eigenvalue weighted by Gasteiger charge is -2.18. The maximum atomic E-state index is 8.18. The van der Waals surface area contributed by atoms with Gasteiger partial charge in [0, 0.05) is 32.9 Å². The molecule has 0 saturated heterocycles. The van der Waals surface area contributed by atoms with Crippen molar-refractivity contribution in [2.75, 3.05) is 0 Å². The smallest absolute Gasteiger partial charge is 0.197 e. The van der Waals surface area contributed by atoms with Crippen molar-refractivity contribution < 1.29 is 0 Å². The molecule has 2 heterocycles. The van der Waals surface area contributed by atoms with Crippen molar-refractivity contribution in [1.29, 1.82) is 0 Å². The monoisotopic (exact) mass is 610 g/mol. The zero-order chi connectivity index (χ0) is 32.2. The molecular weight excluding hydrogens is 585 g/mol. The highest BCUT2D eigenvalue weighted by molar-refractivity contribution is 6.15. The number of aromatic nitrogens is 2. The Bertz CT molecular complexity index is 2760. The van der Waals surface area contributed by atoms with Crippen LogP contribution in [0.2, 0.25) is 0 Å². The molecule has 7 aromatic carbocycles. The maximum absolute atomic E-state index is 8.18. The average Bonchev–Trinajstić information content (AvgIpc) is 3.68. The fourth-order valence-corrected chi connectivity index (χ4v) is 7.38. The van der Waals surface area contributed by atoms with Crippen LogP contribution >= 0.6 is 0 Å². The quantitative estimate of drug-likeness (QED) is 0.177. The van der Waals surface area contributed by atoms with Gasteiger partial charge >= 0.3 is 0 Å². The minimum absolute atomic E-state index is 0.600. The van der Waals surface area contributed by atoms with Crippen LogP contribution in [0.25, 0.3) is 86.9 Å². The van der Waals surface area contributed by atoms with Gasteiger partial charge in [-0.05, 0) is 64.5 Å². The second-order valence-electron chi connectivity index (χ2n) is 11.9. The Morgan fingerprint density at radius 1 is 0.375 bits per heavy atom. The zero-order valence-electron chi connectivity index (χ0n) is 25.8. The Kier molecular flexibility index (Phi) is 6.22. The SMILES string of the molecule is [C-]#[N+]c1ccc(-n2c3ccccc3c3ccccc32)cc1-c1ccccc1-c1ccccc1-n1c2ccccc2c2c([N+]#[C-])cccc21. The Balaban J connectivity index is 1.30. The molecule has 0 unspecified atom stereocenters. The van der Waals surface area contributed by atoms with Gasteiger partial charge in [-0.1, -0.05) is 115 Å². The van der Waals surface area contributed by atoms with Crippen LogP contribution < -0.4 is 0 Å². The molecule has 0 saturated carbocycles. The molecule has 0 atom stereocenters. The summed E-state index contributed by atoms with van der Waals surface area (Å²) in [5.74, 6) is 0. The van der Waals surface area contributed by atoms with Gasteiger partial charge in [0.05, 0.1) is 35.4 Å². The van der Waals surface area contributed by atoms with Crippen molar-refractivity contribution in [3.05, 3.63) is 181 Å². The topological polar surface area (TPSA) is 18.6 Å². The molecule has 0 amide bonds. The molecule has 2 aromatic heterocycles. The van der Waals surface area contributed by atoms with Crippen molar-refractivity contribution >= 4 is 55.0 Å². The summed E-state index contributed by atoms with van der Waals surface area (Å²) in [6.45, 7) is 16.1. The van der Waals surface area contributed by atoms with Crippen LogP contribution in [-0.2, 0) is 0 Å². The van der Waals surface area contributed by atoms with Gasteiger partial charge in [-0.25, -0.2) is 9.69 Å². The minimum atomic E-state index is 0.600. The Morgan fingerprint density at radius 3 is 1.56 bits per heavy atom. The number of fused-ring (bicyclic) bond motifs is 6. The largest absolute Gasteiger partial charge is 0.310 e. The van der Waals surface area contributed by atoms with Gasteiger partial charge in [0.2, 0.25) is 0 Å². The summed E-state index contributed by atoms with van der Waals surface area (Å²) in [5.41, 5.74) is 11.5. The molecule has 0 aliphatic rings. The van der Waals surface area contributed by atoms with Crippen molar-refractivity contribution in [1.82, 2.24) is 9.13 Å². The summed E-state index contributed by atoms with van der Waals surface area (Å²) < 4.78 is 4.57. The van der Waals surface area contributed by atoms with E-state index < -0.39 is 0 Å². The minimum Gasteiger partial charge on any atom is -0.310 e. The van der Waals surface area contributed by atoms with Gasteiger partial charge in [-0.3, -0.25) is 0 Å². The summed E-state index contributed by atoms with van der Waals surface area (Å²) >= 11 is 0. The first-order valence-electron chi connectivity index (χ1n) is 15.9. The molecule has 0 bridgehead atoms. The Labute approximate surface area is 277 Å². The molecule has 9 aromatic rings. The van der Waals surface area contributed by atoms with E-state index in [-0.39, 0.29) is 0 Å². The molecule has 4 heteroatoms. The predicted octanol–water partition coefficient (Wildman–Crippen LogP) is 12.3. The highest BCUT2D eigenvalue weighted by atomic mass is 15.0. The standard InChI is InChI=1S/C44H26N4/c1-45-37-27-26-29(47-39-21-9-6-17-33(39)34-18-7-10-22-40(34)47)28-36(37)31-15-4-3-14-30(31)32-16-5-11-23-41(32)48-42-24-12-8-19-35(42)44-38(46-2)20-13-25-43(44)48/h3-28H. The third kappa shape index (κ3) is 4.01. The number of hydrogen-bond acceptors (Lipinski definition) is 0. The van der Waals surface area contributed by atoms with Gasteiger partial charge in [0.15, 0.2) is 11.4 Å². The number of rotatable bonds is 4. The van der Waals surface area contributed by atoms with Crippen molar-refractivity contribution in [3.63, 3.8) is 0 Å². The third-order valence-electron chi connectivity index (χ3n) is 9.39. The highest BCUT2D eigenvalue weighted by Gasteiger charge is 2.20. The first-order chi connectivity index (χ1) is 23.8. The molecule has 0 fully saturated rings. The highest BCUT2D eigenvalue weighted by Crippen LogP contribution is 2.44. The molecule has 0 aliphatic heterocycles. The summed E-state index contributed by atoms with van der Waals surface area (Å²) in [7, 11) is 0. The van der Waals surface area contributed by atoms with Crippen LogP contribution in [-0.4, -0.2) is 9.13 Å². The molecule has 9 rings (SSSR count). The second kappa shape index (κ2) is 10.9. The Hall–Kier alpha value is -6.88. The average molecular weight is 611 g/mol. The van der Waals surface area contributed by atoms with Crippen LogP contribution in [0, 0.1) is 13.1 Å². The van der Waals surface area contributed by atoms with E-state index in [1.165, 1.54) is 10.8 Å². The van der Waals surface area contributed by atoms with Gasteiger partial charge in [0.25, 0.3) is 0 Å². The number of hydrogen-bond donors (Lipinski definition) is 0. The van der Waals surface area contributed by atoms with Crippen molar-refractivity contribution in [2.45, 2.75) is 0 Å². The van der Waals surface area contributed by atoms with E-state index in [4.69, 9.17) is 13.1 Å². The molecule has 0 spiro atoms. The maximum Gasteiger partial charge on any atom is 0.197 e. The van der Waals surface area contributed by atoms with E-state index in [0.29, 0.717) is 11.4 Å². The molecule has 0 aliphatic carbocycles. The number of para-hydroxylation sites is 4. The lowest BCUT2D eigenvalue weighted by Crippen LogP contribution is -1.98. The van der Waals surface area contributed by atoms with E-state index in [0.717, 1.165) is 66.5 Å². The number of benzene rings is 7. The van der Waals surface area contributed by atoms with E-state index in [1.807, 2.05) is 36.4 Å². The van der Waals surface area contributed by atoms with Gasteiger partial charge in [0.1, 0.15) is 0 Å². The zero-order valence-corrected chi connectivity index (χ0v) is 25.8. The molecule has 48 heavy (non-hydrogen) atoms. The first kappa shape index (κ1) is 27.4. The fraction of sp³-hybridized carbons (Fsp3) is 0. The molecular formula is C44H26N4. The molecule has 0 radical (unpaired) electrons. The predicted molar refractivity (Wildman–Crippen MR) is 199 cm³/mol. The lowest BCUT2D eigenvalue weighted by atomic mass is 9.92. The van der Waals surface area contributed by atoms with Crippen molar-refractivity contribution in [2.24, 2.45) is 0 Å². The fourth-order valence-electron chi connectivity index (χ4n) is 7.38. The Morgan fingerprint density at radius 2 is 0.896 bits per heavy atom. The van der Waals surface area contributed by atoms with Crippen molar-refractivity contribution in [3.8, 4) is 33.6 Å². The van der Waals surface area contributed by atoms with Crippen LogP contribution in [0.15, 0.2) is 158 Å². The van der Waals surface area contributed by atoms with Gasteiger partial charge in [-0.15, -0.1) is 0 Å². The van der Waals surface area contributed by atoms with E-state index in [1.54, 1.807) is 0 Å². The second-order valence-corrected chi connectivity index (χ2v) is 11.9. The summed E-state index contributed by atoms with van der Waals surface area (Å²) in [5, 5.41) is 4.41. The van der Waals surface area contributed by atoms with E-state index >= 15 is 0 Å². The van der Waals surface area contributed by atoms with Gasteiger partial charge < -0.3 is 9.13 Å². The summed E-state index contributed by atoms with van der Waals surface area (Å²) in [6.07, 6.45) is 0. The lowest BCUT2D eigenvalue weighted by molar-refractivity contribution is 1.18. The van der Waals surface area contributed by atoms with Crippen LogP contribution in [0.1, 0.15) is 0 Å². The van der Waals surface area contributed by atoms with Gasteiger partial charge in [-0.2, -0.15) is 0 Å². The molecule has 4 nitrogen and oxygen atoms in total. The summed E-state index contributed by atoms with van der Waals surface area (Å²) in [6, 6.07) is 54.2. The number of nitrogens with zero attached hydrogens (tertiary/aromatic N) is 4. The summed E-state index contributed by atoms with van der Waals surface area (Å²) in [4.78, 5) is 7.89.